The molecular weight excluding hydrogens is 675 g/mol. The van der Waals surface area contributed by atoms with Gasteiger partial charge in [0, 0.05) is 37.1 Å². The number of benzene rings is 4. The van der Waals surface area contributed by atoms with Gasteiger partial charge >= 0.3 is 0 Å². The molecule has 0 aliphatic carbocycles. The highest BCUT2D eigenvalue weighted by Gasteiger charge is 2.19. The van der Waals surface area contributed by atoms with Crippen molar-refractivity contribution in [3.8, 4) is 17.0 Å². The Balaban J connectivity index is 1.26. The minimum Gasteiger partial charge on any atom is -0.497 e. The second-order valence-electron chi connectivity index (χ2n) is 10.0. The van der Waals surface area contributed by atoms with Crippen molar-refractivity contribution >= 4 is 80.9 Å². The molecule has 5 aromatic rings. The van der Waals surface area contributed by atoms with E-state index in [-0.39, 0.29) is 11.6 Å². The molecule has 8 nitrogen and oxygen atoms in total. The maximum absolute atomic E-state index is 13.5. The lowest BCUT2D eigenvalue weighted by Crippen LogP contribution is -2.30. The van der Waals surface area contributed by atoms with Crippen LogP contribution < -0.4 is 20.7 Å². The number of thioether (sulfide) groups is 1. The molecule has 47 heavy (non-hydrogen) atoms. The molecule has 12 heteroatoms. The van der Waals surface area contributed by atoms with Crippen molar-refractivity contribution in [3.05, 3.63) is 129 Å². The Bertz CT molecular complexity index is 1950. The Labute approximate surface area is 290 Å². The summed E-state index contributed by atoms with van der Waals surface area (Å²) in [5.74, 6) is -0.523. The highest BCUT2D eigenvalue weighted by atomic mass is 35.5. The lowest BCUT2D eigenvalue weighted by Gasteiger charge is -2.14. The van der Waals surface area contributed by atoms with E-state index in [1.807, 2.05) is 35.7 Å². The molecule has 238 valence electrons. The third-order valence-electron chi connectivity index (χ3n) is 6.66. The monoisotopic (exact) mass is 702 g/mol. The molecule has 1 heterocycles. The van der Waals surface area contributed by atoms with E-state index in [9.17, 15) is 14.4 Å². The Morgan fingerprint density at radius 1 is 0.915 bits per heavy atom. The number of methoxy groups -OCH3 is 1. The predicted molar refractivity (Wildman–Crippen MR) is 191 cm³/mol. The van der Waals surface area contributed by atoms with Gasteiger partial charge in [-0.1, -0.05) is 65.7 Å². The van der Waals surface area contributed by atoms with Crippen LogP contribution in [0.4, 0.5) is 10.8 Å². The van der Waals surface area contributed by atoms with Gasteiger partial charge in [-0.25, -0.2) is 4.98 Å². The van der Waals surface area contributed by atoms with Crippen molar-refractivity contribution in [1.82, 2.24) is 10.3 Å². The summed E-state index contributed by atoms with van der Waals surface area (Å²) in [5, 5.41) is 11.1. The number of thiazole rings is 1. The van der Waals surface area contributed by atoms with Crippen LogP contribution in [-0.2, 0) is 9.59 Å². The van der Waals surface area contributed by atoms with Crippen LogP contribution in [0.1, 0.15) is 22.8 Å². The maximum Gasteiger partial charge on any atom is 0.272 e. The van der Waals surface area contributed by atoms with Crippen molar-refractivity contribution in [2.45, 2.75) is 17.1 Å². The summed E-state index contributed by atoms with van der Waals surface area (Å²) in [6.07, 6.45) is 1.48. The van der Waals surface area contributed by atoms with Crippen LogP contribution in [0.15, 0.2) is 113 Å². The first kappa shape index (κ1) is 33.7. The maximum atomic E-state index is 13.5. The lowest BCUT2D eigenvalue weighted by atomic mass is 10.1. The molecule has 3 amide bonds. The fourth-order valence-electron chi connectivity index (χ4n) is 4.27. The number of aromatic nitrogens is 1. The summed E-state index contributed by atoms with van der Waals surface area (Å²) in [6.45, 7) is 1.79. The number of hydrogen-bond donors (Lipinski definition) is 3. The minimum atomic E-state index is -0.566. The third kappa shape index (κ3) is 9.24. The molecule has 1 unspecified atom stereocenters. The second kappa shape index (κ2) is 15.8. The van der Waals surface area contributed by atoms with Gasteiger partial charge in [-0.2, -0.15) is 0 Å². The quantitative estimate of drug-likeness (QED) is 0.0939. The summed E-state index contributed by atoms with van der Waals surface area (Å²) in [4.78, 5) is 44.8. The molecule has 0 aliphatic heterocycles. The van der Waals surface area contributed by atoms with Crippen molar-refractivity contribution in [2.24, 2.45) is 0 Å². The van der Waals surface area contributed by atoms with Crippen molar-refractivity contribution < 1.29 is 19.1 Å². The van der Waals surface area contributed by atoms with Crippen LogP contribution in [0.25, 0.3) is 17.3 Å². The number of ether oxygens (including phenoxy) is 1. The van der Waals surface area contributed by atoms with Gasteiger partial charge in [0.15, 0.2) is 5.13 Å². The van der Waals surface area contributed by atoms with Gasteiger partial charge in [0.2, 0.25) is 5.91 Å². The average Bonchev–Trinajstić information content (AvgIpc) is 3.54. The molecule has 0 aliphatic rings. The molecule has 0 saturated carbocycles. The Hall–Kier alpha value is -4.61. The molecule has 0 bridgehead atoms. The molecule has 1 atom stereocenters. The van der Waals surface area contributed by atoms with Crippen LogP contribution in [-0.4, -0.2) is 35.1 Å². The lowest BCUT2D eigenvalue weighted by molar-refractivity contribution is -0.115. The molecule has 0 fully saturated rings. The molecule has 4 aromatic carbocycles. The molecule has 0 spiro atoms. The SMILES string of the molecule is COc1cccc(-c2csc(NC(=O)C(C)Sc3cccc(NC(=O)/C(=C\c4ccc(Cl)cc4Cl)NC(=O)c4ccccc4)c3)n2)c1. The van der Waals surface area contributed by atoms with E-state index in [1.165, 1.54) is 29.2 Å². The number of rotatable bonds is 11. The number of nitrogens with zero attached hydrogens (tertiary/aromatic N) is 1. The first-order valence-electron chi connectivity index (χ1n) is 14.2. The van der Waals surface area contributed by atoms with Crippen LogP contribution in [0, 0.1) is 0 Å². The summed E-state index contributed by atoms with van der Waals surface area (Å²) >= 11 is 15.1. The van der Waals surface area contributed by atoms with Crippen LogP contribution in [0.5, 0.6) is 5.75 Å². The number of halogens is 2. The molecule has 0 radical (unpaired) electrons. The summed E-state index contributed by atoms with van der Waals surface area (Å²) < 4.78 is 5.29. The zero-order chi connectivity index (χ0) is 33.3. The largest absolute Gasteiger partial charge is 0.497 e. The van der Waals surface area contributed by atoms with E-state index < -0.39 is 17.1 Å². The van der Waals surface area contributed by atoms with E-state index >= 15 is 0 Å². The molecule has 3 N–H and O–H groups in total. The second-order valence-corrected chi connectivity index (χ2v) is 13.2. The fourth-order valence-corrected chi connectivity index (χ4v) is 6.38. The third-order valence-corrected chi connectivity index (χ3v) is 9.08. The molecule has 0 saturated heterocycles. The molecular formula is C35H28Cl2N4O4S2. The number of nitrogens with one attached hydrogen (secondary N) is 3. The van der Waals surface area contributed by atoms with Gasteiger partial charge in [-0.3, -0.25) is 14.4 Å². The first-order chi connectivity index (χ1) is 22.7. The Morgan fingerprint density at radius 3 is 2.47 bits per heavy atom. The van der Waals surface area contributed by atoms with Crippen LogP contribution in [0.3, 0.4) is 0 Å². The van der Waals surface area contributed by atoms with E-state index in [0.29, 0.717) is 32.0 Å². The van der Waals surface area contributed by atoms with Crippen LogP contribution >= 0.6 is 46.3 Å². The fraction of sp³-hybridized carbons (Fsp3) is 0.0857. The predicted octanol–water partition coefficient (Wildman–Crippen LogP) is 8.65. The topological polar surface area (TPSA) is 109 Å². The van der Waals surface area contributed by atoms with Crippen LogP contribution in [0.2, 0.25) is 10.0 Å². The van der Waals surface area contributed by atoms with E-state index in [2.05, 4.69) is 20.9 Å². The van der Waals surface area contributed by atoms with E-state index in [0.717, 1.165) is 21.9 Å². The standard InChI is InChI=1S/C35H28Cl2N4O4S2/c1-21(32(42)41-35-40-31(20-46-35)24-10-6-12-27(16-24)45-2)47-28-13-7-11-26(19-28)38-34(44)30(17-23-14-15-25(36)18-29(23)37)39-33(43)22-8-4-3-5-9-22/h3-21H,1-2H3,(H,38,44)(H,39,43)(H,40,41,42)/b30-17+. The smallest absolute Gasteiger partial charge is 0.272 e. The number of carbonyl (C=O) groups excluding carboxylic acids is 3. The van der Waals surface area contributed by atoms with Gasteiger partial charge in [-0.05, 0) is 73.2 Å². The number of carbonyl (C=O) groups is 3. The summed E-state index contributed by atoms with van der Waals surface area (Å²) in [6, 6.07) is 28.0. The molecule has 5 rings (SSSR count). The van der Waals surface area contributed by atoms with E-state index in [1.54, 1.807) is 80.8 Å². The minimum absolute atomic E-state index is 0.0226. The zero-order valence-corrected chi connectivity index (χ0v) is 28.3. The van der Waals surface area contributed by atoms with Gasteiger partial charge in [0.1, 0.15) is 11.4 Å². The summed E-state index contributed by atoms with van der Waals surface area (Å²) in [5.41, 5.74) is 2.95. The Kier molecular flexibility index (Phi) is 11.3. The van der Waals surface area contributed by atoms with Crippen molar-refractivity contribution in [3.63, 3.8) is 0 Å². The Morgan fingerprint density at radius 2 is 1.70 bits per heavy atom. The van der Waals surface area contributed by atoms with Gasteiger partial charge in [0.25, 0.3) is 11.8 Å². The van der Waals surface area contributed by atoms with Gasteiger partial charge in [0.05, 0.1) is 18.1 Å². The zero-order valence-electron chi connectivity index (χ0n) is 25.1. The normalized spacial score (nSPS) is 11.8. The number of hydrogen-bond acceptors (Lipinski definition) is 7. The van der Waals surface area contributed by atoms with Gasteiger partial charge in [-0.15, -0.1) is 23.1 Å². The highest BCUT2D eigenvalue weighted by Crippen LogP contribution is 2.30. The van der Waals surface area contributed by atoms with Crippen molar-refractivity contribution in [2.75, 3.05) is 17.7 Å². The highest BCUT2D eigenvalue weighted by molar-refractivity contribution is 8.00. The van der Waals surface area contributed by atoms with Gasteiger partial charge < -0.3 is 20.7 Å². The summed E-state index contributed by atoms with van der Waals surface area (Å²) in [7, 11) is 1.61. The molecule has 1 aromatic heterocycles. The van der Waals surface area contributed by atoms with E-state index in [4.69, 9.17) is 27.9 Å². The first-order valence-corrected chi connectivity index (χ1v) is 16.7. The average molecular weight is 704 g/mol. The van der Waals surface area contributed by atoms with Crippen molar-refractivity contribution in [1.29, 1.82) is 0 Å². The number of amides is 3. The number of anilines is 2.